The molecule has 2 aromatic rings. The fourth-order valence-corrected chi connectivity index (χ4v) is 2.88. The van der Waals surface area contributed by atoms with Crippen molar-refractivity contribution < 1.29 is 19.1 Å². The first-order chi connectivity index (χ1) is 12.6. The molecule has 0 aliphatic carbocycles. The van der Waals surface area contributed by atoms with Crippen LogP contribution in [-0.2, 0) is 16.1 Å². The van der Waals surface area contributed by atoms with Gasteiger partial charge in [0.1, 0.15) is 18.0 Å². The Labute approximate surface area is 152 Å². The van der Waals surface area contributed by atoms with Gasteiger partial charge in [-0.1, -0.05) is 31.2 Å². The summed E-state index contributed by atoms with van der Waals surface area (Å²) in [6.45, 7) is 2.21. The Balaban J connectivity index is 1.68. The summed E-state index contributed by atoms with van der Waals surface area (Å²) >= 11 is 0. The highest BCUT2D eigenvalue weighted by molar-refractivity contribution is 6.03. The van der Waals surface area contributed by atoms with Crippen molar-refractivity contribution in [3.63, 3.8) is 0 Å². The molecule has 0 spiro atoms. The maximum Gasteiger partial charge on any atom is 0.268 e. The predicted octanol–water partition coefficient (Wildman–Crippen LogP) is 2.52. The Hall–Kier alpha value is -3.02. The molecular formula is C20H22N2O4. The van der Waals surface area contributed by atoms with E-state index in [0.717, 1.165) is 11.3 Å². The molecule has 1 atom stereocenters. The van der Waals surface area contributed by atoms with Gasteiger partial charge in [0.15, 0.2) is 6.10 Å². The van der Waals surface area contributed by atoms with Crippen molar-refractivity contribution in [1.82, 2.24) is 5.32 Å². The van der Waals surface area contributed by atoms with Crippen LogP contribution in [0.1, 0.15) is 18.9 Å². The SMILES string of the molecule is CCC1Oc2ccccc2N(CC(=O)NCc2cccc(OC)c2)C1=O. The molecule has 1 unspecified atom stereocenters. The Kier molecular flexibility index (Phi) is 5.41. The largest absolute Gasteiger partial charge is 0.497 e. The fourth-order valence-electron chi connectivity index (χ4n) is 2.88. The molecule has 1 N–H and O–H groups in total. The van der Waals surface area contributed by atoms with E-state index in [1.807, 2.05) is 49.4 Å². The number of benzene rings is 2. The standard InChI is InChI=1S/C20H22N2O4/c1-3-17-20(24)22(16-9-4-5-10-18(16)26-17)13-19(23)21-12-14-7-6-8-15(11-14)25-2/h4-11,17H,3,12-13H2,1-2H3,(H,21,23). The molecule has 0 saturated carbocycles. The smallest absolute Gasteiger partial charge is 0.268 e. The van der Waals surface area contributed by atoms with Crippen LogP contribution >= 0.6 is 0 Å². The first-order valence-corrected chi connectivity index (χ1v) is 8.59. The van der Waals surface area contributed by atoms with Gasteiger partial charge in [0.2, 0.25) is 5.91 Å². The summed E-state index contributed by atoms with van der Waals surface area (Å²) in [5.41, 5.74) is 1.55. The summed E-state index contributed by atoms with van der Waals surface area (Å²) in [7, 11) is 1.60. The van der Waals surface area contributed by atoms with E-state index in [-0.39, 0.29) is 18.4 Å². The molecule has 26 heavy (non-hydrogen) atoms. The van der Waals surface area contributed by atoms with Crippen molar-refractivity contribution in [1.29, 1.82) is 0 Å². The number of anilines is 1. The van der Waals surface area contributed by atoms with Crippen LogP contribution in [0, 0.1) is 0 Å². The van der Waals surface area contributed by atoms with E-state index in [2.05, 4.69) is 5.32 Å². The lowest BCUT2D eigenvalue weighted by Crippen LogP contribution is -2.49. The summed E-state index contributed by atoms with van der Waals surface area (Å²) in [6.07, 6.45) is -0.00849. The summed E-state index contributed by atoms with van der Waals surface area (Å²) in [5.74, 6) is 0.940. The molecular weight excluding hydrogens is 332 g/mol. The number of fused-ring (bicyclic) bond motifs is 1. The molecule has 1 heterocycles. The summed E-state index contributed by atoms with van der Waals surface area (Å²) in [6, 6.07) is 14.8. The van der Waals surface area contributed by atoms with Crippen LogP contribution in [0.4, 0.5) is 5.69 Å². The van der Waals surface area contributed by atoms with E-state index < -0.39 is 6.10 Å². The molecule has 0 saturated heterocycles. The van der Waals surface area contributed by atoms with Crippen molar-refractivity contribution in [3.05, 3.63) is 54.1 Å². The lowest BCUT2D eigenvalue weighted by Gasteiger charge is -2.33. The maximum absolute atomic E-state index is 12.6. The van der Waals surface area contributed by atoms with Gasteiger partial charge in [0.05, 0.1) is 12.8 Å². The lowest BCUT2D eigenvalue weighted by atomic mass is 10.1. The normalized spacial score (nSPS) is 15.8. The molecule has 0 bridgehead atoms. The first kappa shape index (κ1) is 17.8. The quantitative estimate of drug-likeness (QED) is 0.866. The number of hydrogen-bond acceptors (Lipinski definition) is 4. The van der Waals surface area contributed by atoms with Gasteiger partial charge in [0, 0.05) is 6.54 Å². The Morgan fingerprint density at radius 2 is 2.04 bits per heavy atom. The van der Waals surface area contributed by atoms with E-state index in [0.29, 0.717) is 24.4 Å². The number of hydrogen-bond donors (Lipinski definition) is 1. The third kappa shape index (κ3) is 3.79. The molecule has 0 fully saturated rings. The topological polar surface area (TPSA) is 67.9 Å². The van der Waals surface area contributed by atoms with E-state index in [4.69, 9.17) is 9.47 Å². The van der Waals surface area contributed by atoms with Gasteiger partial charge in [-0.05, 0) is 36.2 Å². The molecule has 1 aliphatic heterocycles. The molecule has 3 rings (SSSR count). The number of nitrogens with one attached hydrogen (secondary N) is 1. The summed E-state index contributed by atoms with van der Waals surface area (Å²) < 4.78 is 10.9. The van der Waals surface area contributed by atoms with Crippen molar-refractivity contribution in [2.24, 2.45) is 0 Å². The number of carbonyl (C=O) groups is 2. The lowest BCUT2D eigenvalue weighted by molar-refractivity contribution is -0.129. The van der Waals surface area contributed by atoms with Crippen LogP contribution in [-0.4, -0.2) is 31.6 Å². The molecule has 1 aliphatic rings. The number of ether oxygens (including phenoxy) is 2. The fraction of sp³-hybridized carbons (Fsp3) is 0.300. The second-order valence-corrected chi connectivity index (χ2v) is 6.04. The zero-order valence-corrected chi connectivity index (χ0v) is 14.9. The van der Waals surface area contributed by atoms with Crippen LogP contribution in [0.3, 0.4) is 0 Å². The monoisotopic (exact) mass is 354 g/mol. The van der Waals surface area contributed by atoms with Gasteiger partial charge >= 0.3 is 0 Å². The van der Waals surface area contributed by atoms with E-state index >= 15 is 0 Å². The first-order valence-electron chi connectivity index (χ1n) is 8.59. The second-order valence-electron chi connectivity index (χ2n) is 6.04. The van der Waals surface area contributed by atoms with Gasteiger partial charge in [-0.15, -0.1) is 0 Å². The average Bonchev–Trinajstić information content (AvgIpc) is 2.68. The third-order valence-electron chi connectivity index (χ3n) is 4.26. The van der Waals surface area contributed by atoms with E-state index in [1.54, 1.807) is 13.2 Å². The Bertz CT molecular complexity index is 806. The highest BCUT2D eigenvalue weighted by atomic mass is 16.5. The van der Waals surface area contributed by atoms with Gasteiger partial charge in [-0.2, -0.15) is 0 Å². The van der Waals surface area contributed by atoms with Crippen molar-refractivity contribution in [3.8, 4) is 11.5 Å². The highest BCUT2D eigenvalue weighted by Gasteiger charge is 2.34. The van der Waals surface area contributed by atoms with Crippen molar-refractivity contribution in [2.75, 3.05) is 18.6 Å². The van der Waals surface area contributed by atoms with Crippen LogP contribution < -0.4 is 19.7 Å². The third-order valence-corrected chi connectivity index (χ3v) is 4.26. The second kappa shape index (κ2) is 7.91. The minimum Gasteiger partial charge on any atom is -0.497 e. The summed E-state index contributed by atoms with van der Waals surface area (Å²) in [4.78, 5) is 26.5. The zero-order chi connectivity index (χ0) is 18.5. The molecule has 136 valence electrons. The Morgan fingerprint density at radius 3 is 2.81 bits per heavy atom. The zero-order valence-electron chi connectivity index (χ0n) is 14.9. The Morgan fingerprint density at radius 1 is 1.23 bits per heavy atom. The number of carbonyl (C=O) groups excluding carboxylic acids is 2. The van der Waals surface area contributed by atoms with Crippen molar-refractivity contribution in [2.45, 2.75) is 26.0 Å². The summed E-state index contributed by atoms with van der Waals surface area (Å²) in [5, 5.41) is 2.85. The molecule has 2 aromatic carbocycles. The number of para-hydroxylation sites is 2. The van der Waals surface area contributed by atoms with Crippen LogP contribution in [0.5, 0.6) is 11.5 Å². The van der Waals surface area contributed by atoms with Gasteiger partial charge in [-0.3, -0.25) is 14.5 Å². The number of amides is 2. The minimum absolute atomic E-state index is 0.0420. The molecule has 6 nitrogen and oxygen atoms in total. The van der Waals surface area contributed by atoms with Gasteiger partial charge < -0.3 is 14.8 Å². The number of rotatable bonds is 6. The van der Waals surface area contributed by atoms with Gasteiger partial charge in [-0.25, -0.2) is 0 Å². The average molecular weight is 354 g/mol. The van der Waals surface area contributed by atoms with E-state index in [1.165, 1.54) is 4.90 Å². The molecule has 6 heteroatoms. The molecule has 0 aromatic heterocycles. The van der Waals surface area contributed by atoms with Gasteiger partial charge in [0.25, 0.3) is 5.91 Å². The number of nitrogens with zero attached hydrogens (tertiary/aromatic N) is 1. The van der Waals surface area contributed by atoms with Crippen molar-refractivity contribution >= 4 is 17.5 Å². The maximum atomic E-state index is 12.6. The van der Waals surface area contributed by atoms with E-state index in [9.17, 15) is 9.59 Å². The van der Waals surface area contributed by atoms with Crippen LogP contribution in [0.2, 0.25) is 0 Å². The number of methoxy groups -OCH3 is 1. The van der Waals surface area contributed by atoms with Crippen LogP contribution in [0.25, 0.3) is 0 Å². The molecule has 2 amide bonds. The predicted molar refractivity (Wildman–Crippen MR) is 98.3 cm³/mol. The van der Waals surface area contributed by atoms with Crippen LogP contribution in [0.15, 0.2) is 48.5 Å². The molecule has 0 radical (unpaired) electrons. The highest BCUT2D eigenvalue weighted by Crippen LogP contribution is 2.34. The minimum atomic E-state index is -0.559.